The lowest BCUT2D eigenvalue weighted by molar-refractivity contribution is 0.493. The van der Waals surface area contributed by atoms with E-state index >= 15 is 0 Å². The van der Waals surface area contributed by atoms with Crippen LogP contribution in [0.3, 0.4) is 0 Å². The van der Waals surface area contributed by atoms with Gasteiger partial charge in [-0.3, -0.25) is 0 Å². The van der Waals surface area contributed by atoms with Crippen LogP contribution in [0.2, 0.25) is 0 Å². The average Bonchev–Trinajstić information content (AvgIpc) is 2.84. The van der Waals surface area contributed by atoms with E-state index in [0.29, 0.717) is 6.54 Å². The van der Waals surface area contributed by atoms with E-state index < -0.39 is 0 Å². The van der Waals surface area contributed by atoms with Gasteiger partial charge in [0.15, 0.2) is 3.77 Å². The molecule has 0 bridgehead atoms. The molecule has 1 N–H and O–H groups in total. The Morgan fingerprint density at radius 1 is 1.00 bits per heavy atom. The third-order valence-electron chi connectivity index (χ3n) is 2.95. The summed E-state index contributed by atoms with van der Waals surface area (Å²) >= 11 is 5.76. The Labute approximate surface area is 133 Å². The molecule has 0 aliphatic heterocycles. The molecule has 0 unspecified atom stereocenters. The predicted molar refractivity (Wildman–Crippen MR) is 90.4 cm³/mol. The molecule has 0 radical (unpaired) electrons. The number of nitrogens with one attached hydrogen (secondary N) is 1. The standard InChI is InChI=1S/C15H11BrINO/c16-13-6-7-14(12-4-2-1-3-11(12)13)18-9-10-5-8-15(17)19-10/h1-8,18H,9H2. The molecule has 3 aromatic rings. The highest BCUT2D eigenvalue weighted by molar-refractivity contribution is 14.1. The summed E-state index contributed by atoms with van der Waals surface area (Å²) in [6, 6.07) is 16.4. The van der Waals surface area contributed by atoms with Crippen LogP contribution in [0.25, 0.3) is 10.8 Å². The number of furan rings is 1. The monoisotopic (exact) mass is 427 g/mol. The van der Waals surface area contributed by atoms with E-state index in [9.17, 15) is 0 Å². The van der Waals surface area contributed by atoms with Gasteiger partial charge >= 0.3 is 0 Å². The Balaban J connectivity index is 1.91. The Morgan fingerprint density at radius 2 is 1.79 bits per heavy atom. The van der Waals surface area contributed by atoms with Crippen LogP contribution in [0.1, 0.15) is 5.76 Å². The van der Waals surface area contributed by atoms with Gasteiger partial charge in [0.2, 0.25) is 0 Å². The van der Waals surface area contributed by atoms with Crippen LogP contribution in [0.15, 0.2) is 57.4 Å². The maximum atomic E-state index is 5.56. The van der Waals surface area contributed by atoms with Gasteiger partial charge in [-0.25, -0.2) is 0 Å². The van der Waals surface area contributed by atoms with Crippen molar-refractivity contribution in [2.75, 3.05) is 5.32 Å². The van der Waals surface area contributed by atoms with Crippen molar-refractivity contribution in [2.45, 2.75) is 6.54 Å². The van der Waals surface area contributed by atoms with E-state index in [1.165, 1.54) is 10.8 Å². The number of benzene rings is 2. The number of hydrogen-bond acceptors (Lipinski definition) is 2. The largest absolute Gasteiger partial charge is 0.454 e. The van der Waals surface area contributed by atoms with Crippen LogP contribution in [0.5, 0.6) is 0 Å². The molecule has 0 aliphatic rings. The van der Waals surface area contributed by atoms with E-state index in [-0.39, 0.29) is 0 Å². The third-order valence-corrected chi connectivity index (χ3v) is 4.22. The van der Waals surface area contributed by atoms with Gasteiger partial charge in [0.05, 0.1) is 6.54 Å². The smallest absolute Gasteiger partial charge is 0.164 e. The van der Waals surface area contributed by atoms with Crippen molar-refractivity contribution >= 4 is 55.0 Å². The number of anilines is 1. The second-order valence-electron chi connectivity index (χ2n) is 4.20. The number of hydrogen-bond donors (Lipinski definition) is 1. The van der Waals surface area contributed by atoms with E-state index in [2.05, 4.69) is 74.2 Å². The molecule has 0 aliphatic carbocycles. The fraction of sp³-hybridized carbons (Fsp3) is 0.0667. The molecule has 0 spiro atoms. The molecule has 4 heteroatoms. The summed E-state index contributed by atoms with van der Waals surface area (Å²) in [5.74, 6) is 0.941. The number of fused-ring (bicyclic) bond motifs is 1. The average molecular weight is 428 g/mol. The minimum atomic E-state index is 0.689. The van der Waals surface area contributed by atoms with Gasteiger partial charge in [-0.2, -0.15) is 0 Å². The Hall–Kier alpha value is -1.01. The molecule has 2 nitrogen and oxygen atoms in total. The molecule has 19 heavy (non-hydrogen) atoms. The van der Waals surface area contributed by atoms with Crippen LogP contribution in [0.4, 0.5) is 5.69 Å². The third kappa shape index (κ3) is 2.79. The highest BCUT2D eigenvalue weighted by Crippen LogP contribution is 2.30. The van der Waals surface area contributed by atoms with Crippen LogP contribution in [0, 0.1) is 3.77 Å². The molecule has 0 atom stereocenters. The first-order chi connectivity index (χ1) is 9.24. The minimum Gasteiger partial charge on any atom is -0.454 e. The van der Waals surface area contributed by atoms with Gasteiger partial charge in [-0.15, -0.1) is 0 Å². The van der Waals surface area contributed by atoms with Crippen molar-refractivity contribution in [3.05, 3.63) is 62.5 Å². The first-order valence-corrected chi connectivity index (χ1v) is 7.76. The summed E-state index contributed by atoms with van der Waals surface area (Å²) in [5, 5.41) is 5.84. The van der Waals surface area contributed by atoms with Crippen LogP contribution >= 0.6 is 38.5 Å². The summed E-state index contributed by atoms with van der Waals surface area (Å²) in [4.78, 5) is 0. The lowest BCUT2D eigenvalue weighted by Crippen LogP contribution is -1.98. The van der Waals surface area contributed by atoms with Crippen molar-refractivity contribution in [1.29, 1.82) is 0 Å². The molecule has 0 fully saturated rings. The molecule has 3 rings (SSSR count). The second-order valence-corrected chi connectivity index (χ2v) is 6.12. The number of halogens is 2. The van der Waals surface area contributed by atoms with Crippen molar-refractivity contribution in [3.63, 3.8) is 0 Å². The predicted octanol–water partition coefficient (Wildman–Crippen LogP) is 5.41. The molecule has 2 aromatic carbocycles. The molecule has 1 heterocycles. The second kappa shape index (κ2) is 5.54. The van der Waals surface area contributed by atoms with Crippen molar-refractivity contribution in [1.82, 2.24) is 0 Å². The maximum absolute atomic E-state index is 5.56. The van der Waals surface area contributed by atoms with Gasteiger partial charge < -0.3 is 9.73 Å². The zero-order valence-corrected chi connectivity index (χ0v) is 13.7. The summed E-state index contributed by atoms with van der Waals surface area (Å²) in [7, 11) is 0. The highest BCUT2D eigenvalue weighted by Gasteiger charge is 2.05. The normalized spacial score (nSPS) is 10.8. The van der Waals surface area contributed by atoms with Gasteiger partial charge in [-0.1, -0.05) is 40.2 Å². The first-order valence-electron chi connectivity index (χ1n) is 5.89. The fourth-order valence-electron chi connectivity index (χ4n) is 2.05. The van der Waals surface area contributed by atoms with Crippen LogP contribution in [-0.2, 0) is 6.54 Å². The Bertz CT molecular complexity index is 723. The van der Waals surface area contributed by atoms with Crippen LogP contribution < -0.4 is 5.32 Å². The molecule has 96 valence electrons. The maximum Gasteiger partial charge on any atom is 0.164 e. The molecule has 0 saturated carbocycles. The lowest BCUT2D eigenvalue weighted by Gasteiger charge is -2.09. The Kier molecular flexibility index (Phi) is 3.79. The van der Waals surface area contributed by atoms with Crippen molar-refractivity contribution < 1.29 is 4.42 Å². The van der Waals surface area contributed by atoms with Crippen molar-refractivity contribution in [2.24, 2.45) is 0 Å². The molecule has 1 aromatic heterocycles. The lowest BCUT2D eigenvalue weighted by atomic mass is 10.1. The highest BCUT2D eigenvalue weighted by atomic mass is 127. The molecule has 0 saturated heterocycles. The molecular weight excluding hydrogens is 417 g/mol. The van der Waals surface area contributed by atoms with Gasteiger partial charge in [0.1, 0.15) is 5.76 Å². The Morgan fingerprint density at radius 3 is 2.53 bits per heavy atom. The number of rotatable bonds is 3. The molecular formula is C15H11BrINO. The summed E-state index contributed by atoms with van der Waals surface area (Å²) in [5.41, 5.74) is 1.12. The van der Waals surface area contributed by atoms with Crippen LogP contribution in [-0.4, -0.2) is 0 Å². The quantitative estimate of drug-likeness (QED) is 0.565. The summed E-state index contributed by atoms with van der Waals surface area (Å²) in [6.45, 7) is 0.689. The van der Waals surface area contributed by atoms with Gasteiger partial charge in [-0.05, 0) is 52.2 Å². The molecule has 0 amide bonds. The van der Waals surface area contributed by atoms with E-state index in [1.807, 2.05) is 18.2 Å². The topological polar surface area (TPSA) is 25.2 Å². The summed E-state index contributed by atoms with van der Waals surface area (Å²) < 4.78 is 7.58. The zero-order chi connectivity index (χ0) is 13.2. The van der Waals surface area contributed by atoms with E-state index in [1.54, 1.807) is 0 Å². The summed E-state index contributed by atoms with van der Waals surface area (Å²) in [6.07, 6.45) is 0. The fourth-order valence-corrected chi connectivity index (χ4v) is 2.99. The minimum absolute atomic E-state index is 0.689. The van der Waals surface area contributed by atoms with E-state index in [0.717, 1.165) is 19.7 Å². The zero-order valence-electron chi connectivity index (χ0n) is 9.99. The SMILES string of the molecule is Brc1ccc(NCc2ccc(I)o2)c2ccccc12. The first kappa shape index (κ1) is 13.0. The van der Waals surface area contributed by atoms with Gasteiger partial charge in [0.25, 0.3) is 0 Å². The van der Waals surface area contributed by atoms with Gasteiger partial charge in [0, 0.05) is 15.5 Å². The van der Waals surface area contributed by atoms with Crippen molar-refractivity contribution in [3.8, 4) is 0 Å². The van der Waals surface area contributed by atoms with E-state index in [4.69, 9.17) is 4.42 Å².